The van der Waals surface area contributed by atoms with Crippen LogP contribution in [0.25, 0.3) is 0 Å². The molecule has 2 aromatic carbocycles. The van der Waals surface area contributed by atoms with Gasteiger partial charge in [0.15, 0.2) is 0 Å². The van der Waals surface area contributed by atoms with Crippen molar-refractivity contribution >= 4 is 53.2 Å². The van der Waals surface area contributed by atoms with E-state index in [9.17, 15) is 27.7 Å². The average Bonchev–Trinajstić information content (AvgIpc) is 3.43. The number of ether oxygens (including phenoxy) is 1. The highest BCUT2D eigenvalue weighted by molar-refractivity contribution is 9.10. The Bertz CT molecular complexity index is 1710. The van der Waals surface area contributed by atoms with E-state index in [1.54, 1.807) is 13.0 Å². The highest BCUT2D eigenvalue weighted by Crippen LogP contribution is 2.73. The molecule has 0 aromatic heterocycles. The van der Waals surface area contributed by atoms with Crippen LogP contribution < -0.4 is 10.6 Å². The van der Waals surface area contributed by atoms with Crippen LogP contribution in [-0.2, 0) is 33.8 Å². The van der Waals surface area contributed by atoms with Crippen LogP contribution >= 0.6 is 35.3 Å². The Morgan fingerprint density at radius 1 is 1.07 bits per heavy atom. The van der Waals surface area contributed by atoms with Gasteiger partial charge in [0, 0.05) is 45.9 Å². The molecule has 3 fully saturated rings. The van der Waals surface area contributed by atoms with E-state index >= 15 is 0 Å². The number of likely N-dealkylation sites (tertiary alicyclic amines) is 1. The number of hydrogen-bond donors (Lipinski definition) is 2. The fourth-order valence-corrected chi connectivity index (χ4v) is 11.5. The minimum Gasteiger partial charge on any atom is -0.446 e. The van der Waals surface area contributed by atoms with Crippen LogP contribution in [0.1, 0.15) is 83.1 Å². The molecular formula is C40H51BrF2N3O7PS. The van der Waals surface area contributed by atoms with Crippen LogP contribution in [0.5, 0.6) is 0 Å². The molecule has 1 heterocycles. The van der Waals surface area contributed by atoms with Crippen molar-refractivity contribution in [1.82, 2.24) is 15.5 Å². The molecule has 0 radical (unpaired) electrons. The predicted molar refractivity (Wildman–Crippen MR) is 212 cm³/mol. The molecule has 2 aliphatic carbocycles. The van der Waals surface area contributed by atoms with E-state index in [1.165, 1.54) is 11.0 Å². The summed E-state index contributed by atoms with van der Waals surface area (Å²) in [6.45, 7) is 9.25. The van der Waals surface area contributed by atoms with E-state index < -0.39 is 78.0 Å². The maximum Gasteiger partial charge on any atom is 0.408 e. The van der Waals surface area contributed by atoms with Gasteiger partial charge in [-0.2, -0.15) is 0 Å². The van der Waals surface area contributed by atoms with Crippen LogP contribution in [0, 0.1) is 17.6 Å². The summed E-state index contributed by atoms with van der Waals surface area (Å²) in [6.07, 6.45) is 8.46. The van der Waals surface area contributed by atoms with Crippen molar-refractivity contribution in [3.63, 3.8) is 0 Å². The van der Waals surface area contributed by atoms with E-state index in [1.807, 2.05) is 30.3 Å². The van der Waals surface area contributed by atoms with E-state index in [0.717, 1.165) is 78.5 Å². The van der Waals surface area contributed by atoms with E-state index in [4.69, 9.17) is 13.4 Å². The second-order valence-electron chi connectivity index (χ2n) is 14.3. The number of nitrogens with one attached hydrogen (secondary N) is 2. The summed E-state index contributed by atoms with van der Waals surface area (Å²) in [5, 5.41) is 4.24. The lowest BCUT2D eigenvalue weighted by atomic mass is 10.1. The smallest absolute Gasteiger partial charge is 0.408 e. The summed E-state index contributed by atoms with van der Waals surface area (Å²) in [5.41, 5.74) is -0.398. The quantitative estimate of drug-likeness (QED) is 0.0585. The Kier molecular flexibility index (Phi) is 15.6. The second-order valence-corrected chi connectivity index (χ2v) is 18.8. The number of hydrogen-bond acceptors (Lipinski definition) is 8. The molecule has 6 atom stereocenters. The van der Waals surface area contributed by atoms with Crippen molar-refractivity contribution in [2.75, 3.05) is 13.2 Å². The summed E-state index contributed by atoms with van der Waals surface area (Å²) in [6, 6.07) is 8.79. The first-order chi connectivity index (χ1) is 26.4. The first kappa shape index (κ1) is 43.1. The SMILES string of the molecule is C=CCCCCCC(NC(=O)OC1CCCC1)C(=O)N1CC(OSc2ccc(Br)cc2)CC1C(=O)NC1(P(=O)(Cc2c(F)cccc2F)OCC)CC1C=C. The Morgan fingerprint density at radius 2 is 1.78 bits per heavy atom. The van der Waals surface area contributed by atoms with Crippen molar-refractivity contribution < 1.29 is 41.2 Å². The molecule has 1 saturated heterocycles. The minimum absolute atomic E-state index is 0.0359. The van der Waals surface area contributed by atoms with E-state index in [-0.39, 0.29) is 32.1 Å². The Hall–Kier alpha value is -3.03. The van der Waals surface area contributed by atoms with Crippen LogP contribution in [-0.4, -0.2) is 65.5 Å². The zero-order valence-corrected chi connectivity index (χ0v) is 34.5. The molecule has 15 heteroatoms. The largest absolute Gasteiger partial charge is 0.446 e. The first-order valence-corrected chi connectivity index (χ1v) is 22.4. The topological polar surface area (TPSA) is 123 Å². The number of carbonyl (C=O) groups is 3. The molecule has 300 valence electrons. The Labute approximate surface area is 335 Å². The van der Waals surface area contributed by atoms with Gasteiger partial charge in [-0.15, -0.1) is 13.2 Å². The molecule has 3 aliphatic rings. The van der Waals surface area contributed by atoms with Crippen LogP contribution in [0.4, 0.5) is 13.6 Å². The van der Waals surface area contributed by atoms with Gasteiger partial charge in [0.1, 0.15) is 35.1 Å². The fourth-order valence-electron chi connectivity index (χ4n) is 7.45. The first-order valence-electron chi connectivity index (χ1n) is 19.0. The molecule has 6 unspecified atom stereocenters. The molecule has 0 spiro atoms. The van der Waals surface area contributed by atoms with Crippen molar-refractivity contribution in [2.45, 2.75) is 118 Å². The van der Waals surface area contributed by atoms with Gasteiger partial charge in [0.05, 0.1) is 18.9 Å². The summed E-state index contributed by atoms with van der Waals surface area (Å²) in [5.74, 6) is -3.36. The van der Waals surface area contributed by atoms with Crippen molar-refractivity contribution in [1.29, 1.82) is 0 Å². The molecule has 2 saturated carbocycles. The molecule has 10 nitrogen and oxygen atoms in total. The average molecular weight is 867 g/mol. The van der Waals surface area contributed by atoms with Crippen molar-refractivity contribution in [3.8, 4) is 0 Å². The number of halogens is 3. The molecule has 2 N–H and O–H groups in total. The maximum absolute atomic E-state index is 14.9. The molecule has 3 amide bonds. The highest BCUT2D eigenvalue weighted by Gasteiger charge is 2.67. The highest BCUT2D eigenvalue weighted by atomic mass is 79.9. The third-order valence-corrected chi connectivity index (χ3v) is 15.1. The summed E-state index contributed by atoms with van der Waals surface area (Å²) < 4.78 is 63.2. The van der Waals surface area contributed by atoms with Crippen LogP contribution in [0.3, 0.4) is 0 Å². The molecular weight excluding hydrogens is 815 g/mol. The van der Waals surface area contributed by atoms with Crippen molar-refractivity contribution in [2.24, 2.45) is 5.92 Å². The monoisotopic (exact) mass is 865 g/mol. The van der Waals surface area contributed by atoms with Gasteiger partial charge in [-0.1, -0.05) is 47.0 Å². The van der Waals surface area contributed by atoms with Gasteiger partial charge in [-0.3, -0.25) is 14.2 Å². The van der Waals surface area contributed by atoms with Crippen molar-refractivity contribution in [3.05, 3.63) is 89.4 Å². The number of amides is 3. The normalized spacial score (nSPS) is 23.8. The zero-order valence-electron chi connectivity index (χ0n) is 31.2. The predicted octanol–water partition coefficient (Wildman–Crippen LogP) is 9.43. The third kappa shape index (κ3) is 10.9. The van der Waals surface area contributed by atoms with Gasteiger partial charge in [0.2, 0.25) is 19.2 Å². The molecule has 55 heavy (non-hydrogen) atoms. The lowest BCUT2D eigenvalue weighted by molar-refractivity contribution is -0.140. The third-order valence-electron chi connectivity index (χ3n) is 10.5. The maximum atomic E-state index is 14.9. The second kappa shape index (κ2) is 19.9. The molecule has 5 rings (SSSR count). The van der Waals surface area contributed by atoms with Gasteiger partial charge in [-0.25, -0.2) is 13.6 Å². The summed E-state index contributed by atoms with van der Waals surface area (Å²) in [7, 11) is -4.05. The molecule has 1 aliphatic heterocycles. The summed E-state index contributed by atoms with van der Waals surface area (Å²) in [4.78, 5) is 44.4. The lowest BCUT2D eigenvalue weighted by Gasteiger charge is -2.33. The number of rotatable bonds is 20. The number of unbranched alkanes of at least 4 members (excludes halogenated alkanes) is 3. The standard InChI is InChI=1S/C40H51BrF2N3O7PS/c1-4-7-8-9-10-18-35(44-39(49)52-29-14-11-12-15-29)38(48)46-25-30(53-55-31-21-19-28(41)20-22-31)23-36(46)37(47)45-40(24-27(40)5-2)54(50,51-6-3)26-32-33(42)16-13-17-34(32)43/h4-5,13,16-17,19-22,27,29-30,35-36H,1-2,6-12,14-15,18,23-26H2,3H3,(H,44,49)(H,45,47). The zero-order chi connectivity index (χ0) is 39.6. The number of nitrogens with zero attached hydrogens (tertiary/aromatic N) is 1. The lowest BCUT2D eigenvalue weighted by Crippen LogP contribution is -2.55. The molecule has 0 bridgehead atoms. The minimum atomic E-state index is -4.05. The van der Waals surface area contributed by atoms with Crippen LogP contribution in [0.2, 0.25) is 0 Å². The van der Waals surface area contributed by atoms with Gasteiger partial charge in [-0.05, 0) is 94.7 Å². The number of alkyl carbamates (subject to hydrolysis) is 1. The van der Waals surface area contributed by atoms with Gasteiger partial charge >= 0.3 is 6.09 Å². The molecule has 2 aromatic rings. The van der Waals surface area contributed by atoms with Crippen LogP contribution in [0.15, 0.2) is 77.1 Å². The summed E-state index contributed by atoms with van der Waals surface area (Å²) >= 11 is 4.55. The van der Waals surface area contributed by atoms with E-state index in [2.05, 4.69) is 39.7 Å². The number of benzene rings is 2. The number of carbonyl (C=O) groups excluding carboxylic acids is 3. The van der Waals surface area contributed by atoms with Gasteiger partial charge in [0.25, 0.3) is 0 Å². The Balaban J connectivity index is 1.41. The Morgan fingerprint density at radius 3 is 2.42 bits per heavy atom. The van der Waals surface area contributed by atoms with Gasteiger partial charge < -0.3 is 29.0 Å². The van der Waals surface area contributed by atoms with E-state index in [0.29, 0.717) is 12.8 Å². The number of allylic oxidation sites excluding steroid dienone is 1. The fraction of sp³-hybridized carbons (Fsp3) is 0.525.